The van der Waals surface area contributed by atoms with Gasteiger partial charge < -0.3 is 38.6 Å². The standard InChI is InChI=1S/C39H36N4O8/c1-46-28-13-5-24(6-14-28)36-32(50-42-38(36)26-9-17-30(48-3)18-10-26)21-34(44)40-23-41-35(45)22-33-37(25-7-15-29(47-2)16-8-25)39(43-51-33)27-11-19-31(49-4)20-12-27/h5-20H,21-23H2,1-4H3,(H,40,44)(H,41,45). The van der Waals surface area contributed by atoms with E-state index in [1.54, 1.807) is 28.4 Å². The lowest BCUT2D eigenvalue weighted by Crippen LogP contribution is -2.38. The van der Waals surface area contributed by atoms with Crippen molar-refractivity contribution >= 4 is 11.8 Å². The number of methoxy groups -OCH3 is 4. The van der Waals surface area contributed by atoms with Gasteiger partial charge in [-0.15, -0.1) is 0 Å². The van der Waals surface area contributed by atoms with Gasteiger partial charge in [-0.2, -0.15) is 0 Å². The zero-order valence-electron chi connectivity index (χ0n) is 28.5. The number of benzene rings is 4. The number of carbonyl (C=O) groups is 2. The number of rotatable bonds is 14. The van der Waals surface area contributed by atoms with Crippen LogP contribution in [0.2, 0.25) is 0 Å². The lowest BCUT2D eigenvalue weighted by Gasteiger charge is -2.09. The molecule has 12 nitrogen and oxygen atoms in total. The molecule has 12 heteroatoms. The van der Waals surface area contributed by atoms with Crippen molar-refractivity contribution in [2.45, 2.75) is 12.8 Å². The second-order valence-electron chi connectivity index (χ2n) is 11.3. The van der Waals surface area contributed by atoms with Crippen molar-refractivity contribution in [2.75, 3.05) is 35.1 Å². The minimum atomic E-state index is -0.372. The van der Waals surface area contributed by atoms with Gasteiger partial charge in [-0.25, -0.2) is 0 Å². The summed E-state index contributed by atoms with van der Waals surface area (Å²) in [6, 6.07) is 29.6. The molecule has 0 saturated carbocycles. The molecule has 0 spiro atoms. The summed E-state index contributed by atoms with van der Waals surface area (Å²) < 4.78 is 32.7. The molecule has 6 rings (SSSR count). The van der Waals surface area contributed by atoms with Gasteiger partial charge in [0.1, 0.15) is 34.4 Å². The van der Waals surface area contributed by atoms with Crippen molar-refractivity contribution in [2.24, 2.45) is 0 Å². The van der Waals surface area contributed by atoms with Crippen molar-refractivity contribution in [3.05, 3.63) is 109 Å². The number of amides is 2. The molecule has 0 fully saturated rings. The second-order valence-corrected chi connectivity index (χ2v) is 11.3. The molecule has 0 unspecified atom stereocenters. The Bertz CT molecular complexity index is 1930. The van der Waals surface area contributed by atoms with Crippen molar-refractivity contribution in [1.82, 2.24) is 20.9 Å². The van der Waals surface area contributed by atoms with Crippen LogP contribution in [0.5, 0.6) is 23.0 Å². The van der Waals surface area contributed by atoms with Crippen LogP contribution >= 0.6 is 0 Å². The van der Waals surface area contributed by atoms with Crippen LogP contribution in [0.1, 0.15) is 11.5 Å². The van der Waals surface area contributed by atoms with Crippen LogP contribution in [0.4, 0.5) is 0 Å². The first-order chi connectivity index (χ1) is 24.9. The van der Waals surface area contributed by atoms with Crippen molar-refractivity contribution in [3.8, 4) is 67.8 Å². The minimum Gasteiger partial charge on any atom is -0.497 e. The summed E-state index contributed by atoms with van der Waals surface area (Å²) in [4.78, 5) is 26.3. The third kappa shape index (κ3) is 7.86. The fourth-order valence-corrected chi connectivity index (χ4v) is 5.55. The molecule has 260 valence electrons. The highest BCUT2D eigenvalue weighted by atomic mass is 16.5. The Hall–Kier alpha value is -6.56. The highest BCUT2D eigenvalue weighted by molar-refractivity contribution is 5.88. The zero-order chi connectivity index (χ0) is 35.7. The molecule has 0 radical (unpaired) electrons. The first kappa shape index (κ1) is 34.3. The first-order valence-electron chi connectivity index (χ1n) is 16.0. The number of hydrogen-bond acceptors (Lipinski definition) is 10. The maximum atomic E-state index is 13.1. The number of carbonyl (C=O) groups excluding carboxylic acids is 2. The first-order valence-corrected chi connectivity index (χ1v) is 16.0. The average molecular weight is 689 g/mol. The lowest BCUT2D eigenvalue weighted by molar-refractivity contribution is -0.122. The van der Waals surface area contributed by atoms with E-state index in [4.69, 9.17) is 28.0 Å². The highest BCUT2D eigenvalue weighted by Gasteiger charge is 2.24. The Balaban J connectivity index is 1.15. The maximum Gasteiger partial charge on any atom is 0.229 e. The van der Waals surface area contributed by atoms with Gasteiger partial charge in [-0.05, 0) is 83.9 Å². The zero-order valence-corrected chi connectivity index (χ0v) is 28.5. The number of aromatic nitrogens is 2. The fourth-order valence-electron chi connectivity index (χ4n) is 5.55. The maximum absolute atomic E-state index is 13.1. The molecule has 0 aliphatic heterocycles. The smallest absolute Gasteiger partial charge is 0.229 e. The minimum absolute atomic E-state index is 0.116. The molecule has 2 heterocycles. The fraction of sp³-hybridized carbons (Fsp3) is 0.179. The third-order valence-corrected chi connectivity index (χ3v) is 8.22. The molecule has 4 aromatic carbocycles. The second kappa shape index (κ2) is 15.8. The summed E-state index contributed by atoms with van der Waals surface area (Å²) in [5.74, 6) is 2.77. The van der Waals surface area contributed by atoms with E-state index >= 15 is 0 Å². The Labute approximate surface area is 294 Å². The largest absolute Gasteiger partial charge is 0.497 e. The number of nitrogens with zero attached hydrogens (tertiary/aromatic N) is 2. The Morgan fingerprint density at radius 3 is 1.08 bits per heavy atom. The molecular weight excluding hydrogens is 652 g/mol. The third-order valence-electron chi connectivity index (χ3n) is 8.22. The molecular formula is C39H36N4O8. The van der Waals surface area contributed by atoms with Gasteiger partial charge in [-0.1, -0.05) is 34.6 Å². The number of hydrogen-bond donors (Lipinski definition) is 2. The molecule has 2 N–H and O–H groups in total. The molecule has 0 aliphatic carbocycles. The van der Waals surface area contributed by atoms with Crippen molar-refractivity contribution < 1.29 is 37.6 Å². The van der Waals surface area contributed by atoms with Crippen LogP contribution in [0, 0.1) is 0 Å². The van der Waals surface area contributed by atoms with E-state index in [0.717, 1.165) is 22.3 Å². The highest BCUT2D eigenvalue weighted by Crippen LogP contribution is 2.38. The Morgan fingerprint density at radius 1 is 0.490 bits per heavy atom. The average Bonchev–Trinajstić information content (AvgIpc) is 3.79. The molecule has 51 heavy (non-hydrogen) atoms. The van der Waals surface area contributed by atoms with E-state index in [2.05, 4.69) is 20.9 Å². The molecule has 0 aliphatic rings. The molecule has 0 atom stereocenters. The summed E-state index contributed by atoms with van der Waals surface area (Å²) in [5.41, 5.74) is 5.68. The van der Waals surface area contributed by atoms with Gasteiger partial charge in [0, 0.05) is 11.1 Å². The SMILES string of the molecule is COc1ccc(-c2noc(CC(=O)NCNC(=O)Cc3onc(-c4ccc(OC)cc4)c3-c3ccc(OC)cc3)c2-c2ccc(OC)cc2)cc1. The van der Waals surface area contributed by atoms with Crippen LogP contribution in [0.15, 0.2) is 106 Å². The van der Waals surface area contributed by atoms with Crippen LogP contribution in [-0.2, 0) is 22.4 Å². The van der Waals surface area contributed by atoms with E-state index in [9.17, 15) is 9.59 Å². The topological polar surface area (TPSA) is 147 Å². The van der Waals surface area contributed by atoms with Gasteiger partial charge in [0.05, 0.1) is 59.1 Å². The molecule has 2 aromatic heterocycles. The van der Waals surface area contributed by atoms with Crippen LogP contribution in [-0.4, -0.2) is 57.2 Å². The Kier molecular flexibility index (Phi) is 10.6. The Morgan fingerprint density at radius 2 is 0.784 bits per heavy atom. The quantitative estimate of drug-likeness (QED) is 0.124. The molecule has 2 amide bonds. The van der Waals surface area contributed by atoms with E-state index in [0.29, 0.717) is 57.0 Å². The molecule has 0 bridgehead atoms. The van der Waals surface area contributed by atoms with Crippen LogP contribution in [0.3, 0.4) is 0 Å². The summed E-state index contributed by atoms with van der Waals surface area (Å²) in [7, 11) is 6.38. The summed E-state index contributed by atoms with van der Waals surface area (Å²) >= 11 is 0. The van der Waals surface area contributed by atoms with Crippen LogP contribution in [0.25, 0.3) is 44.8 Å². The predicted octanol–water partition coefficient (Wildman–Crippen LogP) is 6.34. The molecule has 6 aromatic rings. The van der Waals surface area contributed by atoms with Gasteiger partial charge >= 0.3 is 0 Å². The monoisotopic (exact) mass is 688 g/mol. The van der Waals surface area contributed by atoms with E-state index in [1.165, 1.54) is 0 Å². The van der Waals surface area contributed by atoms with E-state index in [1.807, 2.05) is 97.1 Å². The van der Waals surface area contributed by atoms with Gasteiger partial charge in [-0.3, -0.25) is 9.59 Å². The molecule has 0 saturated heterocycles. The van der Waals surface area contributed by atoms with E-state index < -0.39 is 0 Å². The normalized spacial score (nSPS) is 10.7. The van der Waals surface area contributed by atoms with Crippen molar-refractivity contribution in [1.29, 1.82) is 0 Å². The van der Waals surface area contributed by atoms with Gasteiger partial charge in [0.25, 0.3) is 0 Å². The summed E-state index contributed by atoms with van der Waals surface area (Å²) in [6.07, 6.45) is -0.231. The number of ether oxygens (including phenoxy) is 4. The van der Waals surface area contributed by atoms with E-state index in [-0.39, 0.29) is 31.3 Å². The van der Waals surface area contributed by atoms with Gasteiger partial charge in [0.15, 0.2) is 11.5 Å². The summed E-state index contributed by atoms with van der Waals surface area (Å²) in [6.45, 7) is -0.119. The van der Waals surface area contributed by atoms with Gasteiger partial charge in [0.2, 0.25) is 11.8 Å². The van der Waals surface area contributed by atoms with Crippen molar-refractivity contribution in [3.63, 3.8) is 0 Å². The predicted molar refractivity (Wildman–Crippen MR) is 190 cm³/mol. The van der Waals surface area contributed by atoms with Crippen LogP contribution < -0.4 is 29.6 Å². The lowest BCUT2D eigenvalue weighted by atomic mass is 9.97. The summed E-state index contributed by atoms with van der Waals surface area (Å²) in [5, 5.41) is 14.1. The number of nitrogens with one attached hydrogen (secondary N) is 2.